The van der Waals surface area contributed by atoms with Gasteiger partial charge >= 0.3 is 5.97 Å². The Morgan fingerprint density at radius 2 is 2.06 bits per heavy atom. The van der Waals surface area contributed by atoms with E-state index in [1.54, 1.807) is 13.8 Å². The number of nitrogens with zero attached hydrogens (tertiary/aromatic N) is 1. The highest BCUT2D eigenvalue weighted by Gasteiger charge is 2.19. The molecule has 0 unspecified atom stereocenters. The van der Waals surface area contributed by atoms with Gasteiger partial charge < -0.3 is 9.64 Å². The Morgan fingerprint density at radius 1 is 1.39 bits per heavy atom. The lowest BCUT2D eigenvalue weighted by molar-refractivity contribution is -0.141. The molecule has 0 aliphatic rings. The van der Waals surface area contributed by atoms with Gasteiger partial charge in [-0.25, -0.2) is 4.39 Å². The molecule has 0 aliphatic carbocycles. The Bertz CT molecular complexity index is 460. The summed E-state index contributed by atoms with van der Waals surface area (Å²) in [5, 5.41) is 0. The highest BCUT2D eigenvalue weighted by molar-refractivity contribution is 5.97. The molecule has 0 saturated heterocycles. The molecule has 0 saturated carbocycles. The molecule has 98 valence electrons. The number of carbonyl (C=O) groups excluding carboxylic acids is 2. The molecule has 0 spiro atoms. The Kier molecular flexibility index (Phi) is 4.83. The van der Waals surface area contributed by atoms with E-state index in [1.165, 1.54) is 30.2 Å². The zero-order valence-corrected chi connectivity index (χ0v) is 10.7. The largest absolute Gasteiger partial charge is 0.468 e. The molecule has 1 rings (SSSR count). The fourth-order valence-electron chi connectivity index (χ4n) is 1.58. The summed E-state index contributed by atoms with van der Waals surface area (Å²) < 4.78 is 17.5. The molecule has 1 amide bonds. The van der Waals surface area contributed by atoms with Crippen molar-refractivity contribution in [2.24, 2.45) is 0 Å². The molecule has 5 heteroatoms. The lowest BCUT2D eigenvalue weighted by Crippen LogP contribution is -2.36. The van der Waals surface area contributed by atoms with Crippen LogP contribution >= 0.6 is 0 Å². The maximum Gasteiger partial charge on any atom is 0.325 e. The van der Waals surface area contributed by atoms with Crippen LogP contribution in [0.15, 0.2) is 18.2 Å². The monoisotopic (exact) mass is 253 g/mol. The van der Waals surface area contributed by atoms with E-state index < -0.39 is 5.97 Å². The van der Waals surface area contributed by atoms with Crippen LogP contribution in [0.2, 0.25) is 0 Å². The number of esters is 1. The van der Waals surface area contributed by atoms with Crippen LogP contribution in [0.3, 0.4) is 0 Å². The maximum absolute atomic E-state index is 13.0. The van der Waals surface area contributed by atoms with Crippen molar-refractivity contribution in [2.75, 3.05) is 20.2 Å². The van der Waals surface area contributed by atoms with Gasteiger partial charge in [0.15, 0.2) is 0 Å². The minimum Gasteiger partial charge on any atom is -0.468 e. The predicted octanol–water partition coefficient (Wildman–Crippen LogP) is 1.77. The first kappa shape index (κ1) is 14.2. The molecule has 0 aromatic heterocycles. The molecular weight excluding hydrogens is 237 g/mol. The molecule has 1 aromatic rings. The van der Waals surface area contributed by atoms with Crippen LogP contribution in [-0.2, 0) is 9.53 Å². The third kappa shape index (κ3) is 3.29. The summed E-state index contributed by atoms with van der Waals surface area (Å²) in [6.45, 7) is 3.69. The molecule has 4 nitrogen and oxygen atoms in total. The maximum atomic E-state index is 13.0. The Labute approximate surface area is 105 Å². The number of halogens is 1. The summed E-state index contributed by atoms with van der Waals surface area (Å²) in [7, 11) is 1.27. The number of hydrogen-bond donors (Lipinski definition) is 0. The van der Waals surface area contributed by atoms with E-state index in [-0.39, 0.29) is 18.3 Å². The predicted molar refractivity (Wildman–Crippen MR) is 64.7 cm³/mol. The van der Waals surface area contributed by atoms with Gasteiger partial charge in [0.1, 0.15) is 12.4 Å². The van der Waals surface area contributed by atoms with Crippen molar-refractivity contribution in [1.82, 2.24) is 4.90 Å². The van der Waals surface area contributed by atoms with Crippen LogP contribution < -0.4 is 0 Å². The average Bonchev–Trinajstić information content (AvgIpc) is 2.34. The van der Waals surface area contributed by atoms with Crippen molar-refractivity contribution in [3.8, 4) is 0 Å². The van der Waals surface area contributed by atoms with Crippen LogP contribution in [0.4, 0.5) is 4.39 Å². The third-order valence-corrected chi connectivity index (χ3v) is 2.64. The van der Waals surface area contributed by atoms with Crippen LogP contribution in [0, 0.1) is 12.7 Å². The molecule has 0 bridgehead atoms. The number of aryl methyl sites for hydroxylation is 1. The van der Waals surface area contributed by atoms with Crippen LogP contribution in [0.5, 0.6) is 0 Å². The molecule has 1 aromatic carbocycles. The summed E-state index contributed by atoms with van der Waals surface area (Å²) in [5.74, 6) is -1.18. The number of hydrogen-bond acceptors (Lipinski definition) is 3. The van der Waals surface area contributed by atoms with Gasteiger partial charge in [-0.15, -0.1) is 0 Å². The molecule has 0 fully saturated rings. The summed E-state index contributed by atoms with van der Waals surface area (Å²) >= 11 is 0. The van der Waals surface area contributed by atoms with E-state index in [0.29, 0.717) is 17.7 Å². The Hall–Kier alpha value is -1.91. The van der Waals surface area contributed by atoms with Crippen LogP contribution in [0.25, 0.3) is 0 Å². The second kappa shape index (κ2) is 6.14. The van der Waals surface area contributed by atoms with Crippen molar-refractivity contribution in [2.45, 2.75) is 13.8 Å². The number of amides is 1. The zero-order chi connectivity index (χ0) is 13.7. The number of methoxy groups -OCH3 is 1. The van der Waals surface area contributed by atoms with E-state index in [2.05, 4.69) is 4.74 Å². The van der Waals surface area contributed by atoms with Gasteiger partial charge in [-0.3, -0.25) is 9.59 Å². The van der Waals surface area contributed by atoms with E-state index in [0.717, 1.165) is 0 Å². The minimum absolute atomic E-state index is 0.108. The lowest BCUT2D eigenvalue weighted by Gasteiger charge is -2.20. The Balaban J connectivity index is 2.93. The standard InChI is InChI=1S/C13H16FNO3/c1-4-15(8-12(16)18-3)13(17)11-6-5-10(14)7-9(11)2/h5-7H,4,8H2,1-3H3. The van der Waals surface area contributed by atoms with Gasteiger partial charge in [0.2, 0.25) is 0 Å². The number of carbonyl (C=O) groups is 2. The molecule has 0 aliphatic heterocycles. The van der Waals surface area contributed by atoms with Gasteiger partial charge in [0.05, 0.1) is 7.11 Å². The highest BCUT2D eigenvalue weighted by Crippen LogP contribution is 2.13. The smallest absolute Gasteiger partial charge is 0.325 e. The van der Waals surface area contributed by atoms with Crippen molar-refractivity contribution in [3.05, 3.63) is 35.1 Å². The minimum atomic E-state index is -0.482. The molecular formula is C13H16FNO3. The molecule has 18 heavy (non-hydrogen) atoms. The molecule has 0 radical (unpaired) electrons. The van der Waals surface area contributed by atoms with Crippen molar-refractivity contribution in [1.29, 1.82) is 0 Å². The average molecular weight is 253 g/mol. The van der Waals surface area contributed by atoms with E-state index in [4.69, 9.17) is 0 Å². The summed E-state index contributed by atoms with van der Waals surface area (Å²) in [6.07, 6.45) is 0. The lowest BCUT2D eigenvalue weighted by atomic mass is 10.1. The van der Waals surface area contributed by atoms with Gasteiger partial charge in [-0.2, -0.15) is 0 Å². The number of rotatable bonds is 4. The van der Waals surface area contributed by atoms with Crippen molar-refractivity contribution >= 4 is 11.9 Å². The third-order valence-electron chi connectivity index (χ3n) is 2.64. The summed E-state index contributed by atoms with van der Waals surface area (Å²) in [5.41, 5.74) is 0.936. The quantitative estimate of drug-likeness (QED) is 0.768. The number of ether oxygens (including phenoxy) is 1. The first-order valence-corrected chi connectivity index (χ1v) is 5.61. The molecule has 0 heterocycles. The van der Waals surface area contributed by atoms with E-state index in [9.17, 15) is 14.0 Å². The fraction of sp³-hybridized carbons (Fsp3) is 0.385. The first-order chi connectivity index (χ1) is 8.49. The van der Waals surface area contributed by atoms with E-state index in [1.807, 2.05) is 0 Å². The van der Waals surface area contributed by atoms with Gasteiger partial charge in [0, 0.05) is 12.1 Å². The summed E-state index contributed by atoms with van der Waals surface area (Å²) in [4.78, 5) is 24.7. The van der Waals surface area contributed by atoms with E-state index >= 15 is 0 Å². The first-order valence-electron chi connectivity index (χ1n) is 5.61. The second-order valence-corrected chi connectivity index (χ2v) is 3.85. The SMILES string of the molecule is CCN(CC(=O)OC)C(=O)c1ccc(F)cc1C. The Morgan fingerprint density at radius 3 is 2.56 bits per heavy atom. The molecule has 0 N–H and O–H groups in total. The van der Waals surface area contributed by atoms with Crippen molar-refractivity contribution < 1.29 is 18.7 Å². The highest BCUT2D eigenvalue weighted by atomic mass is 19.1. The van der Waals surface area contributed by atoms with Crippen molar-refractivity contribution in [3.63, 3.8) is 0 Å². The zero-order valence-electron chi connectivity index (χ0n) is 10.7. The fourth-order valence-corrected chi connectivity index (χ4v) is 1.58. The number of likely N-dealkylation sites (N-methyl/N-ethyl adjacent to an activating group) is 1. The second-order valence-electron chi connectivity index (χ2n) is 3.85. The normalized spacial score (nSPS) is 10.0. The van der Waals surface area contributed by atoms with Gasteiger partial charge in [-0.05, 0) is 37.6 Å². The van der Waals surface area contributed by atoms with Gasteiger partial charge in [0.25, 0.3) is 5.91 Å². The topological polar surface area (TPSA) is 46.6 Å². The molecule has 0 atom stereocenters. The van der Waals surface area contributed by atoms with Gasteiger partial charge in [-0.1, -0.05) is 0 Å². The van der Waals surface area contributed by atoms with Crippen LogP contribution in [0.1, 0.15) is 22.8 Å². The summed E-state index contributed by atoms with van der Waals surface area (Å²) in [6, 6.07) is 3.94. The number of benzene rings is 1. The van der Waals surface area contributed by atoms with Crippen LogP contribution in [-0.4, -0.2) is 37.0 Å².